The first-order chi connectivity index (χ1) is 36.5. The zero-order valence-electron chi connectivity index (χ0n) is 44.4. The third kappa shape index (κ3) is 16.1. The van der Waals surface area contributed by atoms with Crippen molar-refractivity contribution in [1.29, 1.82) is 0 Å². The standard InChI is InChI=1S/C58H72N8O10/c1-39-30-48(67)55(74-36-42-16-10-7-11-17-42)45(64(39)4)33-60-51(70)22-26-58(63-54(73)25-29-59,27-23-52(71)61-34-46-56(49(68)31-40(2)65(46)5)75-37-43-18-12-8-13-19-43)28-24-53(72)62-35-47-57(50(69)32-41(3)66(47)6)76-38-44-20-14-9-15-21-44/h7-21,30-32,51,60,70H,22-29,33-38,59H2,1-6H3,(H,61,71)(H,62,72)(H,63,73). The number of rotatable bonds is 28. The van der Waals surface area contributed by atoms with Gasteiger partial charge in [0.1, 0.15) is 26.0 Å². The van der Waals surface area contributed by atoms with E-state index in [9.17, 15) is 33.9 Å². The van der Waals surface area contributed by atoms with Gasteiger partial charge in [-0.1, -0.05) is 91.0 Å². The number of nitrogens with two attached hydrogens (primary N) is 1. The minimum Gasteiger partial charge on any atom is -0.483 e. The van der Waals surface area contributed by atoms with Gasteiger partial charge in [0.25, 0.3) is 0 Å². The number of hydrogen-bond acceptors (Lipinski definition) is 12. The topological polar surface area (TPSA) is 239 Å². The summed E-state index contributed by atoms with van der Waals surface area (Å²) in [7, 11) is 5.36. The van der Waals surface area contributed by atoms with E-state index in [1.807, 2.05) is 95.6 Å². The summed E-state index contributed by atoms with van der Waals surface area (Å²) in [5.41, 5.74) is 9.67. The van der Waals surface area contributed by atoms with Crippen LogP contribution in [0.5, 0.6) is 17.2 Å². The first-order valence-electron chi connectivity index (χ1n) is 25.5. The number of carbonyl (C=O) groups excluding carboxylic acids is 3. The van der Waals surface area contributed by atoms with Crippen LogP contribution in [0.4, 0.5) is 0 Å². The molecule has 18 heteroatoms. The maximum Gasteiger partial charge on any atom is 0.224 e. The summed E-state index contributed by atoms with van der Waals surface area (Å²) < 4.78 is 23.6. The van der Waals surface area contributed by atoms with Crippen LogP contribution in [0.3, 0.4) is 0 Å². The van der Waals surface area contributed by atoms with E-state index in [1.54, 1.807) is 51.0 Å². The molecule has 6 aromatic rings. The third-order valence-electron chi connectivity index (χ3n) is 13.7. The summed E-state index contributed by atoms with van der Waals surface area (Å²) in [6.07, 6.45) is -1.30. The highest BCUT2D eigenvalue weighted by molar-refractivity contribution is 5.79. The van der Waals surface area contributed by atoms with Gasteiger partial charge >= 0.3 is 0 Å². The molecular weight excluding hydrogens is 969 g/mol. The second-order valence-corrected chi connectivity index (χ2v) is 19.1. The Hall–Kier alpha value is -7.80. The lowest BCUT2D eigenvalue weighted by Crippen LogP contribution is -2.51. The van der Waals surface area contributed by atoms with Crippen molar-refractivity contribution >= 4 is 17.7 Å². The molecule has 3 aromatic heterocycles. The van der Waals surface area contributed by atoms with E-state index in [-0.39, 0.29) is 124 Å². The molecule has 1 unspecified atom stereocenters. The van der Waals surface area contributed by atoms with Gasteiger partial charge in [-0.3, -0.25) is 34.1 Å². The van der Waals surface area contributed by atoms with E-state index in [0.29, 0.717) is 34.2 Å². The van der Waals surface area contributed by atoms with Crippen molar-refractivity contribution in [2.45, 2.75) is 117 Å². The lowest BCUT2D eigenvalue weighted by molar-refractivity contribution is -0.126. The van der Waals surface area contributed by atoms with Gasteiger partial charge in [0.15, 0.2) is 17.2 Å². The molecule has 0 bridgehead atoms. The molecule has 0 aliphatic rings. The number of aliphatic hydroxyl groups is 1. The zero-order chi connectivity index (χ0) is 54.8. The van der Waals surface area contributed by atoms with Crippen molar-refractivity contribution < 1.29 is 33.7 Å². The number of aromatic nitrogens is 3. The predicted octanol–water partition coefficient (Wildman–Crippen LogP) is 5.03. The molecule has 404 valence electrons. The monoisotopic (exact) mass is 1040 g/mol. The second-order valence-electron chi connectivity index (χ2n) is 19.1. The van der Waals surface area contributed by atoms with Gasteiger partial charge in [-0.2, -0.15) is 0 Å². The van der Waals surface area contributed by atoms with Crippen molar-refractivity contribution in [3.8, 4) is 17.2 Å². The molecule has 0 aliphatic carbocycles. The van der Waals surface area contributed by atoms with Gasteiger partial charge in [0, 0.05) is 94.3 Å². The van der Waals surface area contributed by atoms with Crippen LogP contribution in [0.25, 0.3) is 0 Å². The van der Waals surface area contributed by atoms with Crippen LogP contribution >= 0.6 is 0 Å². The largest absolute Gasteiger partial charge is 0.483 e. The van der Waals surface area contributed by atoms with Gasteiger partial charge in [-0.25, -0.2) is 0 Å². The number of benzene rings is 3. The average Bonchev–Trinajstić information content (AvgIpc) is 3.41. The van der Waals surface area contributed by atoms with Gasteiger partial charge in [0.2, 0.25) is 34.0 Å². The van der Waals surface area contributed by atoms with Gasteiger partial charge in [0.05, 0.1) is 30.2 Å². The highest BCUT2D eigenvalue weighted by Gasteiger charge is 2.34. The van der Waals surface area contributed by atoms with Crippen LogP contribution in [-0.4, -0.2) is 54.8 Å². The number of ether oxygens (including phenoxy) is 3. The molecule has 0 saturated heterocycles. The van der Waals surface area contributed by atoms with E-state index in [0.717, 1.165) is 16.7 Å². The normalized spacial score (nSPS) is 11.7. The Kier molecular flexibility index (Phi) is 20.9. The number of aliphatic hydroxyl groups excluding tert-OH is 1. The van der Waals surface area contributed by atoms with E-state index < -0.39 is 29.5 Å². The van der Waals surface area contributed by atoms with E-state index in [1.165, 1.54) is 18.2 Å². The molecule has 1 atom stereocenters. The van der Waals surface area contributed by atoms with Crippen molar-refractivity contribution in [2.75, 3.05) is 6.54 Å². The number of aryl methyl sites for hydroxylation is 3. The zero-order valence-corrected chi connectivity index (χ0v) is 44.4. The molecule has 76 heavy (non-hydrogen) atoms. The molecule has 0 saturated carbocycles. The maximum absolute atomic E-state index is 14.0. The Morgan fingerprint density at radius 2 is 0.895 bits per heavy atom. The van der Waals surface area contributed by atoms with Crippen molar-refractivity contribution in [3.63, 3.8) is 0 Å². The molecule has 0 aliphatic heterocycles. The summed E-state index contributed by atoms with van der Waals surface area (Å²) in [5.74, 6) is -0.877. The predicted molar refractivity (Wildman–Crippen MR) is 290 cm³/mol. The van der Waals surface area contributed by atoms with Crippen LogP contribution in [-0.2, 0) is 75.0 Å². The van der Waals surface area contributed by atoms with Crippen molar-refractivity contribution in [1.82, 2.24) is 35.0 Å². The molecule has 0 fully saturated rings. The lowest BCUT2D eigenvalue weighted by atomic mass is 9.82. The number of carbonyl (C=O) groups is 3. The molecular formula is C58H72N8O10. The Bertz CT molecular complexity index is 2970. The van der Waals surface area contributed by atoms with Gasteiger partial charge in [-0.05, 0) is 63.1 Å². The quantitative estimate of drug-likeness (QED) is 0.0355. The molecule has 7 N–H and O–H groups in total. The van der Waals surface area contributed by atoms with Crippen molar-refractivity contribution in [2.24, 2.45) is 26.9 Å². The van der Waals surface area contributed by atoms with Crippen LogP contribution in [0.2, 0.25) is 0 Å². The Balaban J connectivity index is 1.22. The van der Waals surface area contributed by atoms with Crippen LogP contribution in [0.1, 0.15) is 95.8 Å². The van der Waals surface area contributed by atoms with Gasteiger partial charge in [-0.15, -0.1) is 0 Å². The SMILES string of the molecule is Cc1cc(=O)c(OCc2ccccc2)c(CNC(=O)CCC(CCC(=O)NCc2c(OCc3ccccc3)c(=O)cc(C)n2C)(CCC(O)NCc2c(OCc3ccccc3)c(=O)cc(C)n2C)NC(=O)CCN)n1C. The highest BCUT2D eigenvalue weighted by atomic mass is 16.5. The number of nitrogens with zero attached hydrogens (tertiary/aromatic N) is 3. The smallest absolute Gasteiger partial charge is 0.224 e. The molecule has 0 spiro atoms. The Morgan fingerprint density at radius 3 is 1.25 bits per heavy atom. The first kappa shape index (κ1) is 57.5. The molecule has 3 amide bonds. The van der Waals surface area contributed by atoms with Crippen LogP contribution in [0.15, 0.2) is 124 Å². The maximum atomic E-state index is 14.0. The van der Waals surface area contributed by atoms with Crippen molar-refractivity contribution in [3.05, 3.63) is 191 Å². The molecule has 0 radical (unpaired) electrons. The van der Waals surface area contributed by atoms with E-state index in [2.05, 4.69) is 21.3 Å². The van der Waals surface area contributed by atoms with Gasteiger partial charge < -0.3 is 54.7 Å². The van der Waals surface area contributed by atoms with Crippen LogP contribution in [0, 0.1) is 20.8 Å². The summed E-state index contributed by atoms with van der Waals surface area (Å²) in [4.78, 5) is 81.5. The minimum absolute atomic E-state index is 0.0325. The number of amides is 3. The summed E-state index contributed by atoms with van der Waals surface area (Å²) in [6.45, 7) is 5.76. The third-order valence-corrected chi connectivity index (χ3v) is 13.7. The molecule has 18 nitrogen and oxygen atoms in total. The number of nitrogens with one attached hydrogen (secondary N) is 4. The lowest BCUT2D eigenvalue weighted by Gasteiger charge is -2.36. The number of hydrogen-bond donors (Lipinski definition) is 6. The van der Waals surface area contributed by atoms with E-state index >= 15 is 0 Å². The summed E-state index contributed by atoms with van der Waals surface area (Å²) in [5, 5.41) is 23.7. The minimum atomic E-state index is -1.25. The first-order valence-corrected chi connectivity index (χ1v) is 25.5. The fraction of sp³-hybridized carbons (Fsp3) is 0.379. The van der Waals surface area contributed by atoms with Crippen LogP contribution < -0.4 is 57.5 Å². The Morgan fingerprint density at radius 1 is 0.539 bits per heavy atom. The molecule has 6 rings (SSSR count). The number of pyridine rings is 3. The second kappa shape index (κ2) is 27.7. The summed E-state index contributed by atoms with van der Waals surface area (Å²) in [6, 6.07) is 32.7. The molecule has 3 heterocycles. The fourth-order valence-electron chi connectivity index (χ4n) is 8.86. The fourth-order valence-corrected chi connectivity index (χ4v) is 8.86. The van der Waals surface area contributed by atoms with E-state index in [4.69, 9.17) is 19.9 Å². The highest BCUT2D eigenvalue weighted by Crippen LogP contribution is 2.28. The summed E-state index contributed by atoms with van der Waals surface area (Å²) >= 11 is 0. The Labute approximate surface area is 443 Å². The molecule has 3 aromatic carbocycles. The average molecular weight is 1040 g/mol.